The minimum absolute atomic E-state index is 0.0220. The van der Waals surface area contributed by atoms with Crippen LogP contribution in [0, 0.1) is 13.8 Å². The van der Waals surface area contributed by atoms with Crippen molar-refractivity contribution in [1.29, 1.82) is 0 Å². The van der Waals surface area contributed by atoms with Crippen LogP contribution in [0.3, 0.4) is 0 Å². The second-order valence-corrected chi connectivity index (χ2v) is 4.81. The van der Waals surface area contributed by atoms with Gasteiger partial charge in [-0.3, -0.25) is 4.79 Å². The molecular formula is C15H11ClO2. The molecule has 2 aromatic carbocycles. The van der Waals surface area contributed by atoms with Crippen LogP contribution in [0.5, 0.6) is 0 Å². The van der Waals surface area contributed by atoms with Gasteiger partial charge in [-0.25, -0.2) is 0 Å². The summed E-state index contributed by atoms with van der Waals surface area (Å²) in [7, 11) is 0. The molecule has 0 atom stereocenters. The van der Waals surface area contributed by atoms with Crippen LogP contribution in [0.1, 0.15) is 11.1 Å². The zero-order valence-electron chi connectivity index (χ0n) is 10.1. The lowest BCUT2D eigenvalue weighted by Gasteiger charge is -2.07. The molecule has 3 aromatic rings. The van der Waals surface area contributed by atoms with E-state index in [1.165, 1.54) is 0 Å². The number of benzene rings is 2. The molecule has 1 heterocycles. The van der Waals surface area contributed by atoms with E-state index in [2.05, 4.69) is 0 Å². The third-order valence-corrected chi connectivity index (χ3v) is 3.80. The summed E-state index contributed by atoms with van der Waals surface area (Å²) in [5.41, 5.74) is 2.88. The van der Waals surface area contributed by atoms with Gasteiger partial charge in [-0.05, 0) is 43.2 Å². The monoisotopic (exact) mass is 258 g/mol. The van der Waals surface area contributed by atoms with E-state index >= 15 is 0 Å². The van der Waals surface area contributed by atoms with Gasteiger partial charge in [0, 0.05) is 5.02 Å². The molecule has 0 N–H and O–H groups in total. The van der Waals surface area contributed by atoms with Gasteiger partial charge >= 0.3 is 0 Å². The first kappa shape index (κ1) is 11.3. The second-order valence-electron chi connectivity index (χ2n) is 4.43. The number of fused-ring (bicyclic) bond motifs is 2. The van der Waals surface area contributed by atoms with Crippen molar-refractivity contribution in [3.8, 4) is 0 Å². The highest BCUT2D eigenvalue weighted by molar-refractivity contribution is 6.33. The predicted octanol–water partition coefficient (Wildman–Crippen LogP) is 4.22. The number of hydrogen-bond acceptors (Lipinski definition) is 2. The van der Waals surface area contributed by atoms with Crippen LogP contribution < -0.4 is 5.43 Å². The van der Waals surface area contributed by atoms with E-state index < -0.39 is 0 Å². The van der Waals surface area contributed by atoms with Gasteiger partial charge in [0.2, 0.25) is 5.43 Å². The first-order chi connectivity index (χ1) is 8.59. The van der Waals surface area contributed by atoms with Gasteiger partial charge in [-0.15, -0.1) is 0 Å². The van der Waals surface area contributed by atoms with E-state index in [-0.39, 0.29) is 5.43 Å². The molecule has 1 aromatic heterocycles. The summed E-state index contributed by atoms with van der Waals surface area (Å²) >= 11 is 6.20. The van der Waals surface area contributed by atoms with Crippen LogP contribution in [-0.2, 0) is 0 Å². The van der Waals surface area contributed by atoms with Crippen LogP contribution in [0.15, 0.2) is 39.5 Å². The summed E-state index contributed by atoms with van der Waals surface area (Å²) in [5, 5.41) is 1.79. The Kier molecular flexibility index (Phi) is 2.42. The molecule has 0 bridgehead atoms. The average molecular weight is 259 g/mol. The Morgan fingerprint density at radius 1 is 1.11 bits per heavy atom. The predicted molar refractivity (Wildman–Crippen MR) is 74.5 cm³/mol. The molecule has 0 radical (unpaired) electrons. The van der Waals surface area contributed by atoms with Crippen LogP contribution in [-0.4, -0.2) is 0 Å². The van der Waals surface area contributed by atoms with Crippen LogP contribution >= 0.6 is 11.6 Å². The first-order valence-corrected chi connectivity index (χ1v) is 6.08. The molecule has 18 heavy (non-hydrogen) atoms. The number of para-hydroxylation sites is 1. The number of halogens is 1. The highest BCUT2D eigenvalue weighted by Crippen LogP contribution is 2.28. The van der Waals surface area contributed by atoms with Gasteiger partial charge in [-0.1, -0.05) is 23.7 Å². The van der Waals surface area contributed by atoms with Crippen LogP contribution in [0.4, 0.5) is 0 Å². The van der Waals surface area contributed by atoms with Crippen molar-refractivity contribution < 1.29 is 4.42 Å². The van der Waals surface area contributed by atoms with Crippen molar-refractivity contribution in [3.63, 3.8) is 0 Å². The fourth-order valence-corrected chi connectivity index (χ4v) is 2.43. The fraction of sp³-hybridized carbons (Fsp3) is 0.133. The molecule has 3 heteroatoms. The van der Waals surface area contributed by atoms with E-state index in [4.69, 9.17) is 16.0 Å². The lowest BCUT2D eigenvalue weighted by molar-refractivity contribution is 0.659. The Balaban J connectivity index is 2.65. The topological polar surface area (TPSA) is 30.2 Å². The van der Waals surface area contributed by atoms with E-state index in [0.717, 1.165) is 11.1 Å². The smallest absolute Gasteiger partial charge is 0.200 e. The quantitative estimate of drug-likeness (QED) is 0.565. The molecule has 0 spiro atoms. The third-order valence-electron chi connectivity index (χ3n) is 3.22. The summed E-state index contributed by atoms with van der Waals surface area (Å²) in [6.07, 6.45) is 0. The SMILES string of the molecule is Cc1cc2oc3ccccc3c(=O)c2c(C)c1Cl. The minimum Gasteiger partial charge on any atom is -0.456 e. The fourth-order valence-electron chi connectivity index (χ4n) is 2.28. The average Bonchev–Trinajstić information content (AvgIpc) is 2.36. The van der Waals surface area contributed by atoms with Crippen molar-refractivity contribution in [3.05, 3.63) is 56.7 Å². The molecule has 0 saturated carbocycles. The Morgan fingerprint density at radius 3 is 2.61 bits per heavy atom. The first-order valence-electron chi connectivity index (χ1n) is 5.71. The van der Waals surface area contributed by atoms with Gasteiger partial charge < -0.3 is 4.42 Å². The largest absolute Gasteiger partial charge is 0.456 e. The van der Waals surface area contributed by atoms with Gasteiger partial charge in [0.05, 0.1) is 10.8 Å². The Morgan fingerprint density at radius 2 is 1.83 bits per heavy atom. The van der Waals surface area contributed by atoms with E-state index in [9.17, 15) is 4.79 Å². The molecule has 0 aliphatic rings. The molecule has 0 amide bonds. The number of rotatable bonds is 0. The maximum absolute atomic E-state index is 12.5. The number of hydrogen-bond donors (Lipinski definition) is 0. The minimum atomic E-state index is -0.0220. The second kappa shape index (κ2) is 3.85. The summed E-state index contributed by atoms with van der Waals surface area (Å²) < 4.78 is 5.79. The zero-order chi connectivity index (χ0) is 12.9. The van der Waals surface area contributed by atoms with E-state index in [1.807, 2.05) is 32.0 Å². The Bertz CT molecular complexity index is 831. The molecular weight excluding hydrogens is 248 g/mol. The van der Waals surface area contributed by atoms with Crippen LogP contribution in [0.25, 0.3) is 21.9 Å². The standard InChI is InChI=1S/C15H11ClO2/c1-8-7-12-13(9(2)14(8)16)15(17)10-5-3-4-6-11(10)18-12/h3-7H,1-2H3. The maximum atomic E-state index is 12.5. The van der Waals surface area contributed by atoms with Crippen molar-refractivity contribution in [1.82, 2.24) is 0 Å². The van der Waals surface area contributed by atoms with E-state index in [1.54, 1.807) is 12.1 Å². The molecule has 3 rings (SSSR count). The highest BCUT2D eigenvalue weighted by atomic mass is 35.5. The third kappa shape index (κ3) is 1.46. The normalized spacial score (nSPS) is 11.3. The molecule has 0 saturated heterocycles. The Labute approximate surface area is 109 Å². The molecule has 90 valence electrons. The summed E-state index contributed by atoms with van der Waals surface area (Å²) in [6, 6.07) is 9.07. The van der Waals surface area contributed by atoms with Crippen LogP contribution in [0.2, 0.25) is 5.02 Å². The molecule has 2 nitrogen and oxygen atoms in total. The zero-order valence-corrected chi connectivity index (χ0v) is 10.8. The Hall–Kier alpha value is -1.80. The lowest BCUT2D eigenvalue weighted by Crippen LogP contribution is -2.04. The van der Waals surface area contributed by atoms with Crippen molar-refractivity contribution in [2.75, 3.05) is 0 Å². The van der Waals surface area contributed by atoms with Gasteiger partial charge in [0.15, 0.2) is 0 Å². The molecule has 0 aliphatic heterocycles. The van der Waals surface area contributed by atoms with Gasteiger partial charge in [-0.2, -0.15) is 0 Å². The highest BCUT2D eigenvalue weighted by Gasteiger charge is 2.13. The van der Waals surface area contributed by atoms with Crippen molar-refractivity contribution in [2.45, 2.75) is 13.8 Å². The lowest BCUT2D eigenvalue weighted by atomic mass is 10.0. The molecule has 0 aliphatic carbocycles. The molecule has 0 unspecified atom stereocenters. The van der Waals surface area contributed by atoms with Crippen molar-refractivity contribution >= 4 is 33.5 Å². The van der Waals surface area contributed by atoms with E-state index in [0.29, 0.717) is 27.0 Å². The summed E-state index contributed by atoms with van der Waals surface area (Å²) in [5.74, 6) is 0. The van der Waals surface area contributed by atoms with Crippen molar-refractivity contribution in [2.24, 2.45) is 0 Å². The maximum Gasteiger partial charge on any atom is 0.200 e. The summed E-state index contributed by atoms with van der Waals surface area (Å²) in [4.78, 5) is 12.5. The summed E-state index contributed by atoms with van der Waals surface area (Å²) in [6.45, 7) is 3.76. The van der Waals surface area contributed by atoms with Gasteiger partial charge in [0.25, 0.3) is 0 Å². The molecule has 0 fully saturated rings. The van der Waals surface area contributed by atoms with Gasteiger partial charge in [0.1, 0.15) is 11.2 Å². The number of aryl methyl sites for hydroxylation is 2.